The highest BCUT2D eigenvalue weighted by atomic mass is 16.3. The molecule has 0 amide bonds. The molecule has 7 nitrogen and oxygen atoms in total. The molecule has 7 heterocycles. The number of nitrogens with zero attached hydrogens (tertiary/aromatic N) is 2. The maximum atomic E-state index is 7.36. The van der Waals surface area contributed by atoms with Gasteiger partial charge in [0.05, 0.1) is 27.8 Å². The lowest BCUT2D eigenvalue weighted by atomic mass is 9.33. The Labute approximate surface area is 455 Å². The fourth-order valence-corrected chi connectivity index (χ4v) is 13.8. The predicted octanol–water partition coefficient (Wildman–Crippen LogP) is 18.6. The molecule has 80 heavy (non-hydrogen) atoms. The van der Waals surface area contributed by atoms with Crippen LogP contribution in [0.1, 0.15) is 0 Å². The summed E-state index contributed by atoms with van der Waals surface area (Å²) < 4.78 is 34.9. The van der Waals surface area contributed by atoms with Crippen molar-refractivity contribution in [3.63, 3.8) is 0 Å². The molecule has 0 N–H and O–H groups in total. The monoisotopic (exact) mass is 1020 g/mol. The van der Waals surface area contributed by atoms with E-state index in [1.54, 1.807) is 0 Å². The minimum Gasteiger partial charge on any atom is -0.456 e. The van der Waals surface area contributed by atoms with Gasteiger partial charge < -0.3 is 31.9 Å². The van der Waals surface area contributed by atoms with Crippen LogP contribution < -0.4 is 26.2 Å². The number of para-hydroxylation sites is 3. The average molecular weight is 1020 g/mol. The van der Waals surface area contributed by atoms with Gasteiger partial charge in [0.2, 0.25) is 0 Å². The van der Waals surface area contributed by atoms with Crippen molar-refractivity contribution in [2.75, 3.05) is 9.80 Å². The molecule has 0 unspecified atom stereocenters. The summed E-state index contributed by atoms with van der Waals surface area (Å²) in [7, 11) is 0. The van der Waals surface area contributed by atoms with Crippen molar-refractivity contribution in [3.8, 4) is 22.3 Å². The lowest BCUT2D eigenvalue weighted by molar-refractivity contribution is 0.668. The first-order chi connectivity index (χ1) is 39.6. The van der Waals surface area contributed by atoms with Gasteiger partial charge in [-0.25, -0.2) is 0 Å². The van der Waals surface area contributed by atoms with E-state index in [1.807, 2.05) is 12.1 Å². The van der Waals surface area contributed by atoms with Crippen LogP contribution in [-0.2, 0) is 0 Å². The van der Waals surface area contributed by atoms with E-state index in [4.69, 9.17) is 22.1 Å². The highest BCUT2D eigenvalue weighted by molar-refractivity contribution is 7.01. The van der Waals surface area contributed by atoms with Gasteiger partial charge in [-0.05, 0) is 136 Å². The summed E-state index contributed by atoms with van der Waals surface area (Å²) >= 11 is 0. The number of rotatable bonds is 4. The van der Waals surface area contributed by atoms with Gasteiger partial charge in [-0.1, -0.05) is 140 Å². The second-order valence-electron chi connectivity index (χ2n) is 21.4. The van der Waals surface area contributed by atoms with Crippen LogP contribution in [0.2, 0.25) is 0 Å². The molecule has 5 aromatic heterocycles. The fraction of sp³-hybridized carbons (Fsp3) is 0. The lowest BCUT2D eigenvalue weighted by Crippen LogP contribution is -2.61. The minimum absolute atomic E-state index is 0.333. The van der Waals surface area contributed by atoms with E-state index < -0.39 is 0 Å². The first-order valence-corrected chi connectivity index (χ1v) is 27.2. The number of hydrogen-bond acceptors (Lipinski definition) is 7. The molecule has 0 aliphatic carbocycles. The second-order valence-corrected chi connectivity index (χ2v) is 21.4. The Morgan fingerprint density at radius 3 is 1.23 bits per heavy atom. The van der Waals surface area contributed by atoms with Crippen LogP contribution >= 0.6 is 0 Å². The molecule has 0 spiro atoms. The smallest absolute Gasteiger partial charge is 0.252 e. The summed E-state index contributed by atoms with van der Waals surface area (Å²) in [5.74, 6) is 0. The number of anilines is 6. The standard InChI is InChI=1S/C72H39BN2O5/c1-3-15-40(16-4-1)42-29-31-62-50(33-42)68-54(22-13-27-64(68)76-62)74-56-35-47-44-19-7-10-24-59(44)78-66(47)38-52(56)73-53-39-67-48(45-20-8-11-25-60(45)79-67)36-57(53)75(71-70(73)58(74)37-49-46-21-9-12-26-61(46)80-72(49)71)55-23-14-28-65-69(55)51-34-43(30-32-63(51)77-65)41-17-5-2-6-18-41/h1-39H. The molecule has 0 radical (unpaired) electrons. The van der Waals surface area contributed by atoms with E-state index in [1.165, 1.54) is 0 Å². The van der Waals surface area contributed by atoms with Crippen molar-refractivity contribution in [2.45, 2.75) is 0 Å². The van der Waals surface area contributed by atoms with Crippen LogP contribution in [0.3, 0.4) is 0 Å². The summed E-state index contributed by atoms with van der Waals surface area (Å²) in [6.07, 6.45) is 0. The average Bonchev–Trinajstić information content (AvgIpc) is 3.47. The van der Waals surface area contributed by atoms with Crippen molar-refractivity contribution in [3.05, 3.63) is 237 Å². The van der Waals surface area contributed by atoms with Gasteiger partial charge in [0.1, 0.15) is 50.2 Å². The highest BCUT2D eigenvalue weighted by Crippen LogP contribution is 2.54. The van der Waals surface area contributed by atoms with Crippen molar-refractivity contribution in [2.24, 2.45) is 0 Å². The van der Waals surface area contributed by atoms with Crippen molar-refractivity contribution >= 4 is 167 Å². The molecule has 0 bridgehead atoms. The number of benzene rings is 12. The van der Waals surface area contributed by atoms with Gasteiger partial charge in [-0.2, -0.15) is 0 Å². The Morgan fingerprint density at radius 2 is 0.675 bits per heavy atom. The highest BCUT2D eigenvalue weighted by Gasteiger charge is 2.47. The third-order valence-corrected chi connectivity index (χ3v) is 17.2. The third-order valence-electron chi connectivity index (χ3n) is 17.2. The largest absolute Gasteiger partial charge is 0.456 e. The van der Waals surface area contributed by atoms with E-state index in [9.17, 15) is 0 Å². The Hall–Kier alpha value is -10.7. The molecule has 2 aliphatic rings. The van der Waals surface area contributed by atoms with Gasteiger partial charge in [-0.3, -0.25) is 0 Å². The molecule has 0 saturated carbocycles. The molecule has 0 atom stereocenters. The molecular weight excluding hydrogens is 984 g/mol. The van der Waals surface area contributed by atoms with E-state index in [0.29, 0.717) is 0 Å². The zero-order chi connectivity index (χ0) is 51.9. The van der Waals surface area contributed by atoms with Crippen LogP contribution in [0.25, 0.3) is 132 Å². The molecule has 17 aromatic rings. The zero-order valence-corrected chi connectivity index (χ0v) is 42.5. The molecule has 19 rings (SSSR count). The van der Waals surface area contributed by atoms with Gasteiger partial charge in [0.15, 0.2) is 5.58 Å². The molecule has 0 fully saturated rings. The second kappa shape index (κ2) is 15.5. The van der Waals surface area contributed by atoms with Gasteiger partial charge >= 0.3 is 0 Å². The third kappa shape index (κ3) is 5.68. The Kier molecular flexibility index (Phi) is 8.22. The molecule has 12 aromatic carbocycles. The van der Waals surface area contributed by atoms with Crippen molar-refractivity contribution in [1.29, 1.82) is 0 Å². The summed E-state index contributed by atoms with van der Waals surface area (Å²) in [5.41, 5.74) is 21.9. The van der Waals surface area contributed by atoms with Crippen LogP contribution in [0, 0.1) is 0 Å². The van der Waals surface area contributed by atoms with Crippen LogP contribution in [0.5, 0.6) is 0 Å². The first kappa shape index (κ1) is 42.4. The van der Waals surface area contributed by atoms with Gasteiger partial charge in [-0.15, -0.1) is 0 Å². The normalized spacial score (nSPS) is 13.2. The van der Waals surface area contributed by atoms with Crippen molar-refractivity contribution < 1.29 is 22.1 Å². The summed E-state index contributed by atoms with van der Waals surface area (Å²) in [6, 6.07) is 84.1. The quantitative estimate of drug-likeness (QED) is 0.163. The van der Waals surface area contributed by atoms with E-state index in [2.05, 4.69) is 234 Å². The van der Waals surface area contributed by atoms with Crippen LogP contribution in [0.4, 0.5) is 34.1 Å². The Balaban J connectivity index is 0.995. The number of furan rings is 5. The van der Waals surface area contributed by atoms with E-state index in [-0.39, 0.29) is 6.71 Å². The van der Waals surface area contributed by atoms with Crippen LogP contribution in [-0.4, -0.2) is 6.71 Å². The summed E-state index contributed by atoms with van der Waals surface area (Å²) in [4.78, 5) is 4.98. The first-order valence-electron chi connectivity index (χ1n) is 27.2. The van der Waals surface area contributed by atoms with E-state index in [0.717, 1.165) is 182 Å². The van der Waals surface area contributed by atoms with Crippen molar-refractivity contribution in [1.82, 2.24) is 0 Å². The maximum absolute atomic E-state index is 7.36. The fourth-order valence-electron chi connectivity index (χ4n) is 13.8. The lowest BCUT2D eigenvalue weighted by Gasteiger charge is -2.44. The zero-order valence-electron chi connectivity index (χ0n) is 42.5. The van der Waals surface area contributed by atoms with Gasteiger partial charge in [0, 0.05) is 60.2 Å². The SMILES string of the molecule is c1ccc(-c2ccc3oc4cccc(N5c6cc7c(cc6B6c8cc9oc%10ccccc%10c9cc8N(c8cccc9oc%10ccc(-c%11ccccc%11)cc%10c89)c8c6c5cc5c8oc6ccccc65)oc5ccccc57)c4c3c2)cc1. The molecule has 0 saturated heterocycles. The Bertz CT molecular complexity index is 5510. The number of fused-ring (bicyclic) bond motifs is 20. The van der Waals surface area contributed by atoms with Gasteiger partial charge in [0.25, 0.3) is 6.71 Å². The minimum atomic E-state index is -0.333. The molecule has 370 valence electrons. The summed E-state index contributed by atoms with van der Waals surface area (Å²) in [6.45, 7) is -0.333. The molecular formula is C72H39BN2O5. The summed E-state index contributed by atoms with van der Waals surface area (Å²) in [5, 5.41) is 10.3. The number of hydrogen-bond donors (Lipinski definition) is 0. The predicted molar refractivity (Wildman–Crippen MR) is 328 cm³/mol. The van der Waals surface area contributed by atoms with E-state index >= 15 is 0 Å². The molecule has 2 aliphatic heterocycles. The topological polar surface area (TPSA) is 72.2 Å². The Morgan fingerprint density at radius 1 is 0.250 bits per heavy atom. The maximum Gasteiger partial charge on any atom is 0.252 e. The molecule has 8 heteroatoms. The van der Waals surface area contributed by atoms with Crippen LogP contribution in [0.15, 0.2) is 259 Å².